The van der Waals surface area contributed by atoms with Gasteiger partial charge in [0.1, 0.15) is 12.3 Å². The molecule has 10 heteroatoms. The molecule has 0 fully saturated rings. The SMILES string of the molecule is O=C(O)CNC(=O)c1cc(Cl)c(Oc2ccc3nc(-c4ccco4)[nH]c3c2)c(Cl)c1. The molecule has 0 aliphatic rings. The van der Waals surface area contributed by atoms with Crippen molar-refractivity contribution in [2.75, 3.05) is 6.54 Å². The number of aromatic amines is 1. The minimum atomic E-state index is -1.16. The number of halogens is 2. The number of H-pyrrole nitrogens is 1. The summed E-state index contributed by atoms with van der Waals surface area (Å²) in [6.07, 6.45) is 1.56. The van der Waals surface area contributed by atoms with Gasteiger partial charge >= 0.3 is 5.97 Å². The molecule has 8 nitrogen and oxygen atoms in total. The van der Waals surface area contributed by atoms with E-state index in [9.17, 15) is 9.59 Å². The summed E-state index contributed by atoms with van der Waals surface area (Å²) in [6.45, 7) is -0.517. The summed E-state index contributed by atoms with van der Waals surface area (Å²) in [7, 11) is 0. The summed E-state index contributed by atoms with van der Waals surface area (Å²) >= 11 is 12.5. The van der Waals surface area contributed by atoms with Crippen molar-refractivity contribution in [3.63, 3.8) is 0 Å². The van der Waals surface area contributed by atoms with Gasteiger partial charge in [-0.25, -0.2) is 4.98 Å². The second kappa shape index (κ2) is 8.10. The number of carboxylic acid groups (broad SMARTS) is 1. The lowest BCUT2D eigenvalue weighted by Gasteiger charge is -2.11. The summed E-state index contributed by atoms with van der Waals surface area (Å²) < 4.78 is 11.2. The average Bonchev–Trinajstić information content (AvgIpc) is 3.37. The Morgan fingerprint density at radius 2 is 1.93 bits per heavy atom. The van der Waals surface area contributed by atoms with E-state index in [1.165, 1.54) is 12.1 Å². The standard InChI is InChI=1S/C20H13Cl2N3O5/c21-12-6-10(20(28)23-9-17(26)27)7-13(22)18(12)30-11-3-4-14-15(8-11)25-19(24-14)16-2-1-5-29-16/h1-8H,9H2,(H,23,28)(H,24,25)(H,26,27). The number of nitrogens with one attached hydrogen (secondary N) is 2. The fourth-order valence-corrected chi connectivity index (χ4v) is 3.31. The van der Waals surface area contributed by atoms with Gasteiger partial charge in [0.2, 0.25) is 0 Å². The molecule has 0 aliphatic carbocycles. The lowest BCUT2D eigenvalue weighted by molar-refractivity contribution is -0.135. The van der Waals surface area contributed by atoms with Gasteiger partial charge in [-0.15, -0.1) is 0 Å². The van der Waals surface area contributed by atoms with E-state index in [1.807, 2.05) is 0 Å². The van der Waals surface area contributed by atoms with E-state index in [0.29, 0.717) is 17.3 Å². The molecule has 0 unspecified atom stereocenters. The van der Waals surface area contributed by atoms with Crippen molar-refractivity contribution in [3.05, 3.63) is 64.3 Å². The zero-order chi connectivity index (χ0) is 21.3. The molecule has 0 saturated heterocycles. The van der Waals surface area contributed by atoms with Gasteiger partial charge in [0.15, 0.2) is 17.3 Å². The largest absolute Gasteiger partial charge is 0.480 e. The summed E-state index contributed by atoms with van der Waals surface area (Å²) in [4.78, 5) is 30.2. The van der Waals surface area contributed by atoms with E-state index in [2.05, 4.69) is 15.3 Å². The van der Waals surface area contributed by atoms with E-state index in [1.54, 1.807) is 36.6 Å². The third kappa shape index (κ3) is 4.10. The highest BCUT2D eigenvalue weighted by Crippen LogP contribution is 2.38. The second-order valence-corrected chi connectivity index (χ2v) is 7.00. The van der Waals surface area contributed by atoms with Crippen LogP contribution >= 0.6 is 23.2 Å². The van der Waals surface area contributed by atoms with E-state index in [-0.39, 0.29) is 21.4 Å². The van der Waals surface area contributed by atoms with Crippen LogP contribution < -0.4 is 10.1 Å². The number of nitrogens with zero attached hydrogens (tertiary/aromatic N) is 1. The van der Waals surface area contributed by atoms with E-state index >= 15 is 0 Å². The maximum Gasteiger partial charge on any atom is 0.322 e. The first-order valence-corrected chi connectivity index (χ1v) is 9.37. The molecule has 0 spiro atoms. The number of imidazole rings is 1. The predicted molar refractivity (Wildman–Crippen MR) is 110 cm³/mol. The Kier molecular flexibility index (Phi) is 5.35. The minimum absolute atomic E-state index is 0.101. The van der Waals surface area contributed by atoms with Crippen molar-refractivity contribution in [2.24, 2.45) is 0 Å². The van der Waals surface area contributed by atoms with Crippen LogP contribution in [0.2, 0.25) is 10.0 Å². The zero-order valence-electron chi connectivity index (χ0n) is 15.1. The van der Waals surface area contributed by atoms with Gasteiger partial charge in [0, 0.05) is 11.6 Å². The molecule has 0 atom stereocenters. The lowest BCUT2D eigenvalue weighted by Crippen LogP contribution is -2.29. The van der Waals surface area contributed by atoms with Gasteiger partial charge in [-0.1, -0.05) is 23.2 Å². The second-order valence-electron chi connectivity index (χ2n) is 6.19. The van der Waals surface area contributed by atoms with Crippen LogP contribution in [0.5, 0.6) is 11.5 Å². The molecule has 1 amide bonds. The number of benzene rings is 2. The summed E-state index contributed by atoms with van der Waals surface area (Å²) in [5, 5.41) is 11.1. The molecule has 4 aromatic rings. The molecule has 0 bridgehead atoms. The highest BCUT2D eigenvalue weighted by Gasteiger charge is 2.16. The topological polar surface area (TPSA) is 117 Å². The third-order valence-electron chi connectivity index (χ3n) is 4.09. The molecule has 152 valence electrons. The minimum Gasteiger partial charge on any atom is -0.480 e. The van der Waals surface area contributed by atoms with Crippen LogP contribution in [-0.2, 0) is 4.79 Å². The smallest absolute Gasteiger partial charge is 0.322 e. The first kappa shape index (κ1) is 19.8. The summed E-state index contributed by atoms with van der Waals surface area (Å²) in [5.74, 6) is 0.0284. The number of ether oxygens (including phenoxy) is 1. The van der Waals surface area contributed by atoms with Gasteiger partial charge in [0.25, 0.3) is 5.91 Å². The first-order valence-electron chi connectivity index (χ1n) is 8.61. The number of rotatable bonds is 6. The molecule has 0 saturated carbocycles. The Labute approximate surface area is 179 Å². The molecule has 2 aromatic heterocycles. The van der Waals surface area contributed by atoms with Crippen molar-refractivity contribution in [1.82, 2.24) is 15.3 Å². The van der Waals surface area contributed by atoms with E-state index < -0.39 is 18.4 Å². The van der Waals surface area contributed by atoms with Crippen molar-refractivity contribution in [3.8, 4) is 23.1 Å². The van der Waals surface area contributed by atoms with Crippen LogP contribution in [0.1, 0.15) is 10.4 Å². The normalized spacial score (nSPS) is 10.9. The van der Waals surface area contributed by atoms with Crippen molar-refractivity contribution in [1.29, 1.82) is 0 Å². The number of furan rings is 1. The Morgan fingerprint density at radius 1 is 1.17 bits per heavy atom. The summed E-state index contributed by atoms with van der Waals surface area (Å²) in [6, 6.07) is 11.5. The Hall–Kier alpha value is -3.49. The molecule has 2 aromatic carbocycles. The number of carbonyl (C=O) groups is 2. The van der Waals surface area contributed by atoms with Crippen LogP contribution in [0.4, 0.5) is 0 Å². The van der Waals surface area contributed by atoms with Crippen LogP contribution in [0.3, 0.4) is 0 Å². The highest BCUT2D eigenvalue weighted by molar-refractivity contribution is 6.37. The average molecular weight is 446 g/mol. The molecule has 0 aliphatic heterocycles. The third-order valence-corrected chi connectivity index (χ3v) is 4.65. The number of carboxylic acids is 1. The number of hydrogen-bond donors (Lipinski definition) is 3. The predicted octanol–water partition coefficient (Wildman–Crippen LogP) is 4.74. The number of carbonyl (C=O) groups excluding carboxylic acids is 1. The van der Waals surface area contributed by atoms with Gasteiger partial charge in [-0.05, 0) is 36.4 Å². The highest BCUT2D eigenvalue weighted by atomic mass is 35.5. The molecular formula is C20H13Cl2N3O5. The maximum absolute atomic E-state index is 12.0. The number of amides is 1. The maximum atomic E-state index is 12.0. The molecule has 4 rings (SSSR count). The summed E-state index contributed by atoms with van der Waals surface area (Å²) in [5.41, 5.74) is 1.55. The Balaban J connectivity index is 1.58. The number of hydrogen-bond acceptors (Lipinski definition) is 5. The van der Waals surface area contributed by atoms with E-state index in [4.69, 9.17) is 37.5 Å². The zero-order valence-corrected chi connectivity index (χ0v) is 16.6. The van der Waals surface area contributed by atoms with Gasteiger partial charge < -0.3 is 24.6 Å². The lowest BCUT2D eigenvalue weighted by atomic mass is 10.2. The van der Waals surface area contributed by atoms with Crippen molar-refractivity contribution in [2.45, 2.75) is 0 Å². The van der Waals surface area contributed by atoms with Gasteiger partial charge in [0.05, 0.1) is 27.3 Å². The molecule has 2 heterocycles. The Morgan fingerprint density at radius 3 is 2.60 bits per heavy atom. The number of aliphatic carboxylic acids is 1. The van der Waals surface area contributed by atoms with E-state index in [0.717, 1.165) is 11.0 Å². The number of fused-ring (bicyclic) bond motifs is 1. The molecule has 0 radical (unpaired) electrons. The van der Waals surface area contributed by atoms with Crippen LogP contribution in [0.15, 0.2) is 53.1 Å². The fraction of sp³-hybridized carbons (Fsp3) is 0.0500. The van der Waals surface area contributed by atoms with Gasteiger partial charge in [-0.3, -0.25) is 9.59 Å². The monoisotopic (exact) mass is 445 g/mol. The molecule has 30 heavy (non-hydrogen) atoms. The fourth-order valence-electron chi connectivity index (χ4n) is 2.75. The van der Waals surface area contributed by atoms with Crippen LogP contribution in [-0.4, -0.2) is 33.5 Å². The Bertz CT molecular complexity index is 1230. The quantitative estimate of drug-likeness (QED) is 0.394. The van der Waals surface area contributed by atoms with Gasteiger partial charge in [-0.2, -0.15) is 0 Å². The first-order chi connectivity index (χ1) is 14.4. The molecule has 3 N–H and O–H groups in total. The van der Waals surface area contributed by atoms with Crippen LogP contribution in [0.25, 0.3) is 22.6 Å². The number of aromatic nitrogens is 2. The van der Waals surface area contributed by atoms with Crippen molar-refractivity contribution < 1.29 is 23.8 Å². The molecular weight excluding hydrogens is 433 g/mol. The van der Waals surface area contributed by atoms with Crippen LogP contribution in [0, 0.1) is 0 Å². The van der Waals surface area contributed by atoms with Crippen molar-refractivity contribution >= 4 is 46.1 Å².